The Morgan fingerprint density at radius 3 is 2.63 bits per heavy atom. The number of hydrogen-bond acceptors (Lipinski definition) is 2. The molecule has 0 aliphatic carbocycles. The van der Waals surface area contributed by atoms with Crippen molar-refractivity contribution in [2.45, 2.75) is 19.3 Å². The maximum absolute atomic E-state index is 12.0. The third-order valence-electron chi connectivity index (χ3n) is 2.90. The van der Waals surface area contributed by atoms with E-state index in [0.717, 1.165) is 16.8 Å². The number of aromatic nitrogens is 1. The quantitative estimate of drug-likeness (QED) is 0.871. The van der Waals surface area contributed by atoms with Crippen molar-refractivity contribution in [3.05, 3.63) is 65.0 Å². The lowest BCUT2D eigenvalue weighted by Gasteiger charge is -2.07. The largest absolute Gasteiger partial charge is 0.346 e. The molecule has 1 N–H and O–H groups in total. The van der Waals surface area contributed by atoms with Gasteiger partial charge in [0.15, 0.2) is 0 Å². The van der Waals surface area contributed by atoms with Crippen LogP contribution < -0.4 is 5.32 Å². The van der Waals surface area contributed by atoms with Crippen molar-refractivity contribution in [2.75, 3.05) is 0 Å². The molecular formula is C15H15ClN2O. The van der Waals surface area contributed by atoms with Gasteiger partial charge in [-0.05, 0) is 36.2 Å². The fourth-order valence-electron chi connectivity index (χ4n) is 1.71. The Morgan fingerprint density at radius 2 is 2.00 bits per heavy atom. The molecule has 0 aliphatic rings. The smallest absolute Gasteiger partial charge is 0.251 e. The standard InChI is InChI=1S/C15H15ClN2O/c1-11-3-2-8-17-14(11)10-18-15(19)13-6-4-12(9-16)5-7-13/h2-8H,9-10H2,1H3,(H,18,19). The van der Waals surface area contributed by atoms with Gasteiger partial charge in [-0.3, -0.25) is 9.78 Å². The Morgan fingerprint density at radius 1 is 1.26 bits per heavy atom. The minimum Gasteiger partial charge on any atom is -0.346 e. The number of alkyl halides is 1. The molecule has 2 rings (SSSR count). The number of rotatable bonds is 4. The lowest BCUT2D eigenvalue weighted by Crippen LogP contribution is -2.23. The van der Waals surface area contributed by atoms with Crippen molar-refractivity contribution in [3.8, 4) is 0 Å². The topological polar surface area (TPSA) is 42.0 Å². The van der Waals surface area contributed by atoms with Crippen LogP contribution in [-0.4, -0.2) is 10.9 Å². The zero-order valence-corrected chi connectivity index (χ0v) is 11.4. The molecule has 1 heterocycles. The molecule has 19 heavy (non-hydrogen) atoms. The molecule has 98 valence electrons. The highest BCUT2D eigenvalue weighted by Gasteiger charge is 2.06. The van der Waals surface area contributed by atoms with Crippen molar-refractivity contribution < 1.29 is 4.79 Å². The highest BCUT2D eigenvalue weighted by atomic mass is 35.5. The number of carbonyl (C=O) groups excluding carboxylic acids is 1. The Hall–Kier alpha value is -1.87. The summed E-state index contributed by atoms with van der Waals surface area (Å²) in [6.07, 6.45) is 1.73. The van der Waals surface area contributed by atoms with Crippen molar-refractivity contribution in [1.82, 2.24) is 10.3 Å². The Balaban J connectivity index is 1.99. The Labute approximate surface area is 117 Å². The zero-order valence-electron chi connectivity index (χ0n) is 10.7. The summed E-state index contributed by atoms with van der Waals surface area (Å²) >= 11 is 5.71. The summed E-state index contributed by atoms with van der Waals surface area (Å²) in [5.41, 5.74) is 3.58. The molecule has 0 saturated heterocycles. The molecule has 0 saturated carbocycles. The number of hydrogen-bond donors (Lipinski definition) is 1. The van der Waals surface area contributed by atoms with Crippen molar-refractivity contribution in [1.29, 1.82) is 0 Å². The fourth-order valence-corrected chi connectivity index (χ4v) is 1.89. The summed E-state index contributed by atoms with van der Waals surface area (Å²) < 4.78 is 0. The van der Waals surface area contributed by atoms with Gasteiger partial charge in [-0.15, -0.1) is 11.6 Å². The summed E-state index contributed by atoms with van der Waals surface area (Å²) in [7, 11) is 0. The van der Waals surface area contributed by atoms with E-state index < -0.39 is 0 Å². The Bertz CT molecular complexity index is 567. The van der Waals surface area contributed by atoms with E-state index in [9.17, 15) is 4.79 Å². The molecule has 1 aromatic heterocycles. The Kier molecular flexibility index (Phi) is 4.53. The van der Waals surface area contributed by atoms with Crippen molar-refractivity contribution in [3.63, 3.8) is 0 Å². The van der Waals surface area contributed by atoms with Crippen LogP contribution in [0.4, 0.5) is 0 Å². The van der Waals surface area contributed by atoms with E-state index in [1.54, 1.807) is 18.3 Å². The van der Waals surface area contributed by atoms with Crippen molar-refractivity contribution >= 4 is 17.5 Å². The van der Waals surface area contributed by atoms with Crippen LogP contribution in [0.3, 0.4) is 0 Å². The molecular weight excluding hydrogens is 260 g/mol. The van der Waals surface area contributed by atoms with E-state index in [2.05, 4.69) is 10.3 Å². The maximum Gasteiger partial charge on any atom is 0.251 e. The molecule has 0 spiro atoms. The van der Waals surface area contributed by atoms with E-state index in [0.29, 0.717) is 18.0 Å². The molecule has 0 radical (unpaired) electrons. The predicted molar refractivity (Wildman–Crippen MR) is 76.1 cm³/mol. The van der Waals surface area contributed by atoms with Crippen LogP contribution >= 0.6 is 11.6 Å². The van der Waals surface area contributed by atoms with Gasteiger partial charge in [0, 0.05) is 17.6 Å². The third kappa shape index (κ3) is 3.55. The highest BCUT2D eigenvalue weighted by Crippen LogP contribution is 2.07. The second kappa shape index (κ2) is 6.34. The van der Waals surface area contributed by atoms with Crippen LogP contribution in [0.2, 0.25) is 0 Å². The van der Waals surface area contributed by atoms with E-state index in [4.69, 9.17) is 11.6 Å². The fraction of sp³-hybridized carbons (Fsp3) is 0.200. The first-order chi connectivity index (χ1) is 9.20. The second-order valence-electron chi connectivity index (χ2n) is 4.28. The van der Waals surface area contributed by atoms with E-state index in [1.807, 2.05) is 31.2 Å². The van der Waals surface area contributed by atoms with Crippen LogP contribution in [0.25, 0.3) is 0 Å². The van der Waals surface area contributed by atoms with Crippen molar-refractivity contribution in [2.24, 2.45) is 0 Å². The molecule has 0 aliphatic heterocycles. The molecule has 0 unspecified atom stereocenters. The predicted octanol–water partition coefficient (Wildman–Crippen LogP) is 3.06. The maximum atomic E-state index is 12.0. The lowest BCUT2D eigenvalue weighted by molar-refractivity contribution is 0.0950. The van der Waals surface area contributed by atoms with Gasteiger partial charge in [0.25, 0.3) is 5.91 Å². The molecule has 1 aromatic carbocycles. The second-order valence-corrected chi connectivity index (χ2v) is 4.55. The molecule has 1 amide bonds. The van der Waals surface area contributed by atoms with E-state index in [-0.39, 0.29) is 5.91 Å². The van der Waals surface area contributed by atoms with Crippen LogP contribution in [0.1, 0.15) is 27.2 Å². The summed E-state index contributed by atoms with van der Waals surface area (Å²) in [6.45, 7) is 2.41. The molecule has 0 bridgehead atoms. The number of pyridine rings is 1. The highest BCUT2D eigenvalue weighted by molar-refractivity contribution is 6.17. The number of halogens is 1. The number of carbonyl (C=O) groups is 1. The molecule has 0 fully saturated rings. The normalized spacial score (nSPS) is 10.2. The van der Waals surface area contributed by atoms with Gasteiger partial charge in [0.05, 0.1) is 12.2 Å². The van der Waals surface area contributed by atoms with Crippen LogP contribution in [0, 0.1) is 6.92 Å². The third-order valence-corrected chi connectivity index (χ3v) is 3.21. The van der Waals surface area contributed by atoms with Gasteiger partial charge < -0.3 is 5.32 Å². The van der Waals surface area contributed by atoms with Gasteiger partial charge in [-0.1, -0.05) is 18.2 Å². The first-order valence-electron chi connectivity index (χ1n) is 6.04. The molecule has 4 heteroatoms. The average Bonchev–Trinajstić information content (AvgIpc) is 2.46. The van der Waals surface area contributed by atoms with Gasteiger partial charge in [-0.25, -0.2) is 0 Å². The van der Waals surface area contributed by atoms with Gasteiger partial charge in [0.1, 0.15) is 0 Å². The molecule has 0 atom stereocenters. The lowest BCUT2D eigenvalue weighted by atomic mass is 10.1. The number of nitrogens with one attached hydrogen (secondary N) is 1. The van der Waals surface area contributed by atoms with Crippen LogP contribution in [0.5, 0.6) is 0 Å². The monoisotopic (exact) mass is 274 g/mol. The summed E-state index contributed by atoms with van der Waals surface area (Å²) in [6, 6.07) is 11.1. The summed E-state index contributed by atoms with van der Waals surface area (Å²) in [5, 5.41) is 2.86. The minimum atomic E-state index is -0.105. The minimum absolute atomic E-state index is 0.105. The first-order valence-corrected chi connectivity index (χ1v) is 6.58. The zero-order chi connectivity index (χ0) is 13.7. The molecule has 2 aromatic rings. The van der Waals surface area contributed by atoms with Gasteiger partial charge in [-0.2, -0.15) is 0 Å². The summed E-state index contributed by atoms with van der Waals surface area (Å²) in [5.74, 6) is 0.348. The van der Waals surface area contributed by atoms with Gasteiger partial charge >= 0.3 is 0 Å². The number of nitrogens with zero attached hydrogens (tertiary/aromatic N) is 1. The number of amides is 1. The van der Waals surface area contributed by atoms with Gasteiger partial charge in [0.2, 0.25) is 0 Å². The van der Waals surface area contributed by atoms with E-state index in [1.165, 1.54) is 0 Å². The van der Waals surface area contributed by atoms with Crippen LogP contribution in [0.15, 0.2) is 42.6 Å². The molecule has 3 nitrogen and oxygen atoms in total. The van der Waals surface area contributed by atoms with E-state index >= 15 is 0 Å². The first kappa shape index (κ1) is 13.6. The number of benzene rings is 1. The van der Waals surface area contributed by atoms with Crippen LogP contribution in [-0.2, 0) is 12.4 Å². The number of aryl methyl sites for hydroxylation is 1. The SMILES string of the molecule is Cc1cccnc1CNC(=O)c1ccc(CCl)cc1. The summed E-state index contributed by atoms with van der Waals surface area (Å²) in [4.78, 5) is 16.2. The average molecular weight is 275 g/mol.